The van der Waals surface area contributed by atoms with Crippen LogP contribution in [0.5, 0.6) is 11.5 Å². The van der Waals surface area contributed by atoms with Crippen LogP contribution in [-0.4, -0.2) is 31.3 Å². The summed E-state index contributed by atoms with van der Waals surface area (Å²) >= 11 is 0. The average molecular weight is 543 g/mol. The molecule has 3 aromatic carbocycles. The number of nitrogen functional groups attached to an aromatic ring is 2. The Morgan fingerprint density at radius 1 is 0.821 bits per heavy atom. The van der Waals surface area contributed by atoms with Gasteiger partial charge in [-0.15, -0.1) is 0 Å². The standard InChI is InChI=1S/C29H29F3N2O5/c30-29(31,32)14-1-2-15-37-25-10-6-22(7-11-25)28(36)39-26-8-3-20(4-9-26)5-12-27(35)38-16-13-21-17-23(33)19-24(34)18-21/h3-12,17-19H,1-2,13-16,33-34H2. The average Bonchev–Trinajstić information content (AvgIpc) is 2.87. The summed E-state index contributed by atoms with van der Waals surface area (Å²) in [7, 11) is 0. The molecular weight excluding hydrogens is 513 g/mol. The zero-order valence-electron chi connectivity index (χ0n) is 21.1. The molecule has 0 radical (unpaired) electrons. The summed E-state index contributed by atoms with van der Waals surface area (Å²) in [6.07, 6.45) is -1.38. The number of benzene rings is 3. The fraction of sp³-hybridized carbons (Fsp3) is 0.241. The van der Waals surface area contributed by atoms with Crippen LogP contribution in [0.1, 0.15) is 40.7 Å². The highest BCUT2D eigenvalue weighted by Gasteiger charge is 2.25. The normalized spacial score (nSPS) is 11.4. The van der Waals surface area contributed by atoms with Crippen molar-refractivity contribution >= 4 is 29.4 Å². The van der Waals surface area contributed by atoms with Gasteiger partial charge >= 0.3 is 18.1 Å². The first-order valence-corrected chi connectivity index (χ1v) is 12.2. The van der Waals surface area contributed by atoms with E-state index in [1.165, 1.54) is 18.2 Å². The molecular formula is C29H29F3N2O5. The van der Waals surface area contributed by atoms with E-state index in [0.717, 1.165) is 5.56 Å². The zero-order valence-corrected chi connectivity index (χ0v) is 21.1. The molecule has 0 aliphatic carbocycles. The van der Waals surface area contributed by atoms with Crippen molar-refractivity contribution in [1.82, 2.24) is 0 Å². The van der Waals surface area contributed by atoms with E-state index in [2.05, 4.69) is 0 Å². The minimum absolute atomic E-state index is 0.00610. The van der Waals surface area contributed by atoms with Crippen molar-refractivity contribution in [2.75, 3.05) is 24.7 Å². The third kappa shape index (κ3) is 10.8. The molecule has 0 spiro atoms. The molecule has 4 N–H and O–H groups in total. The number of esters is 2. The minimum atomic E-state index is -4.16. The topological polar surface area (TPSA) is 114 Å². The van der Waals surface area contributed by atoms with Gasteiger partial charge in [-0.3, -0.25) is 0 Å². The molecule has 0 unspecified atom stereocenters. The lowest BCUT2D eigenvalue weighted by atomic mass is 10.1. The van der Waals surface area contributed by atoms with Crippen molar-refractivity contribution in [3.05, 3.63) is 89.5 Å². The second kappa shape index (κ2) is 13.9. The Balaban J connectivity index is 1.40. The van der Waals surface area contributed by atoms with Gasteiger partial charge in [-0.05, 0) is 84.6 Å². The Labute approximate surface area is 224 Å². The molecule has 7 nitrogen and oxygen atoms in total. The lowest BCUT2D eigenvalue weighted by Gasteiger charge is -2.09. The van der Waals surface area contributed by atoms with Crippen molar-refractivity contribution in [2.45, 2.75) is 31.9 Å². The second-order valence-electron chi connectivity index (χ2n) is 8.66. The number of unbranched alkanes of at least 4 members (excludes halogenated alkanes) is 1. The number of carbonyl (C=O) groups excluding carboxylic acids is 2. The summed E-state index contributed by atoms with van der Waals surface area (Å²) in [6, 6.07) is 17.9. The summed E-state index contributed by atoms with van der Waals surface area (Å²) in [5.74, 6) is -0.328. The molecule has 10 heteroatoms. The predicted molar refractivity (Wildman–Crippen MR) is 142 cm³/mol. The van der Waals surface area contributed by atoms with Gasteiger partial charge in [-0.1, -0.05) is 12.1 Å². The molecule has 0 bridgehead atoms. The van der Waals surface area contributed by atoms with E-state index in [0.29, 0.717) is 34.9 Å². The van der Waals surface area contributed by atoms with Crippen LogP contribution >= 0.6 is 0 Å². The van der Waals surface area contributed by atoms with Gasteiger partial charge in [0.25, 0.3) is 0 Å². The van der Waals surface area contributed by atoms with Crippen LogP contribution in [0.25, 0.3) is 6.08 Å². The largest absolute Gasteiger partial charge is 0.494 e. The first-order valence-electron chi connectivity index (χ1n) is 12.2. The van der Waals surface area contributed by atoms with Gasteiger partial charge in [0.1, 0.15) is 11.5 Å². The number of alkyl halides is 3. The smallest absolute Gasteiger partial charge is 0.389 e. The second-order valence-corrected chi connectivity index (χ2v) is 8.66. The van der Waals surface area contributed by atoms with Crippen LogP contribution < -0.4 is 20.9 Å². The monoisotopic (exact) mass is 542 g/mol. The Kier molecular flexibility index (Phi) is 10.4. The number of nitrogens with two attached hydrogens (primary N) is 2. The molecule has 0 saturated heterocycles. The fourth-order valence-electron chi connectivity index (χ4n) is 3.49. The maximum absolute atomic E-state index is 12.4. The first kappa shape index (κ1) is 29.1. The third-order valence-corrected chi connectivity index (χ3v) is 5.39. The maximum atomic E-state index is 12.4. The number of halogens is 3. The van der Waals surface area contributed by atoms with Crippen LogP contribution in [0.4, 0.5) is 24.5 Å². The molecule has 3 aromatic rings. The highest BCUT2D eigenvalue weighted by Crippen LogP contribution is 2.23. The van der Waals surface area contributed by atoms with Crippen molar-refractivity contribution in [3.63, 3.8) is 0 Å². The molecule has 0 fully saturated rings. The van der Waals surface area contributed by atoms with Gasteiger partial charge in [0.2, 0.25) is 0 Å². The zero-order chi connectivity index (χ0) is 28.3. The SMILES string of the molecule is Nc1cc(N)cc(CCOC(=O)C=Cc2ccc(OC(=O)c3ccc(OCCCCC(F)(F)F)cc3)cc2)c1. The van der Waals surface area contributed by atoms with Crippen LogP contribution in [-0.2, 0) is 16.0 Å². The van der Waals surface area contributed by atoms with Crippen LogP contribution in [0, 0.1) is 0 Å². The van der Waals surface area contributed by atoms with E-state index in [-0.39, 0.29) is 31.6 Å². The Hall–Kier alpha value is -4.47. The van der Waals surface area contributed by atoms with Crippen molar-refractivity contribution in [1.29, 1.82) is 0 Å². The number of carbonyl (C=O) groups is 2. The fourth-order valence-corrected chi connectivity index (χ4v) is 3.49. The van der Waals surface area contributed by atoms with Gasteiger partial charge in [-0.2, -0.15) is 13.2 Å². The molecule has 0 heterocycles. The first-order chi connectivity index (χ1) is 18.6. The third-order valence-electron chi connectivity index (χ3n) is 5.39. The molecule has 206 valence electrons. The summed E-state index contributed by atoms with van der Waals surface area (Å²) in [5, 5.41) is 0. The Morgan fingerprint density at radius 3 is 2.10 bits per heavy atom. The Morgan fingerprint density at radius 2 is 1.46 bits per heavy atom. The van der Waals surface area contributed by atoms with Gasteiger partial charge in [-0.25, -0.2) is 9.59 Å². The number of ether oxygens (including phenoxy) is 3. The molecule has 0 aliphatic rings. The van der Waals surface area contributed by atoms with Crippen LogP contribution in [0.15, 0.2) is 72.8 Å². The summed E-state index contributed by atoms with van der Waals surface area (Å²) in [4.78, 5) is 24.4. The molecule has 0 aromatic heterocycles. The molecule has 0 saturated carbocycles. The Bertz CT molecular complexity index is 1250. The summed E-state index contributed by atoms with van der Waals surface area (Å²) in [6.45, 7) is 0.327. The molecule has 0 aliphatic heterocycles. The van der Waals surface area contributed by atoms with E-state index in [4.69, 9.17) is 25.7 Å². The number of anilines is 2. The van der Waals surface area contributed by atoms with Gasteiger partial charge in [0, 0.05) is 30.3 Å². The van der Waals surface area contributed by atoms with Crippen molar-refractivity contribution in [2.24, 2.45) is 0 Å². The summed E-state index contributed by atoms with van der Waals surface area (Å²) < 4.78 is 52.4. The summed E-state index contributed by atoms with van der Waals surface area (Å²) in [5.41, 5.74) is 14.5. The highest BCUT2D eigenvalue weighted by molar-refractivity contribution is 5.91. The van der Waals surface area contributed by atoms with E-state index in [1.54, 1.807) is 60.7 Å². The van der Waals surface area contributed by atoms with Gasteiger partial charge < -0.3 is 25.7 Å². The minimum Gasteiger partial charge on any atom is -0.494 e. The van der Waals surface area contributed by atoms with E-state index in [9.17, 15) is 22.8 Å². The van der Waals surface area contributed by atoms with Crippen LogP contribution in [0.2, 0.25) is 0 Å². The lowest BCUT2D eigenvalue weighted by molar-refractivity contribution is -0.138. The van der Waals surface area contributed by atoms with Crippen LogP contribution in [0.3, 0.4) is 0 Å². The van der Waals surface area contributed by atoms with Crippen molar-refractivity contribution in [3.8, 4) is 11.5 Å². The van der Waals surface area contributed by atoms with E-state index in [1.807, 2.05) is 0 Å². The number of hydrogen-bond donors (Lipinski definition) is 2. The van der Waals surface area contributed by atoms with Crippen molar-refractivity contribution < 1.29 is 37.0 Å². The maximum Gasteiger partial charge on any atom is 0.389 e. The molecule has 0 atom stereocenters. The molecule has 0 amide bonds. The van der Waals surface area contributed by atoms with E-state index < -0.39 is 24.5 Å². The lowest BCUT2D eigenvalue weighted by Crippen LogP contribution is -2.09. The van der Waals surface area contributed by atoms with Gasteiger partial charge in [0.05, 0.1) is 18.8 Å². The van der Waals surface area contributed by atoms with Gasteiger partial charge in [0.15, 0.2) is 0 Å². The number of hydrogen-bond acceptors (Lipinski definition) is 7. The number of rotatable bonds is 12. The molecule has 39 heavy (non-hydrogen) atoms. The predicted octanol–water partition coefficient (Wildman–Crippen LogP) is 5.98. The highest BCUT2D eigenvalue weighted by atomic mass is 19.4. The molecule has 3 rings (SSSR count). The van der Waals surface area contributed by atoms with E-state index >= 15 is 0 Å². The quantitative estimate of drug-likeness (QED) is 0.0951.